The molecule has 1 unspecified atom stereocenters. The summed E-state index contributed by atoms with van der Waals surface area (Å²) in [6.07, 6.45) is 1.77. The number of benzene rings is 1. The molecule has 1 aromatic rings. The van der Waals surface area contributed by atoms with Crippen molar-refractivity contribution in [1.29, 1.82) is 0 Å². The molecule has 1 atom stereocenters. The van der Waals surface area contributed by atoms with Crippen LogP contribution in [0.2, 0.25) is 0 Å². The highest BCUT2D eigenvalue weighted by Gasteiger charge is 2.45. The minimum Gasteiger partial charge on any atom is -0.479 e. The highest BCUT2D eigenvalue weighted by atomic mass is 16.4. The van der Waals surface area contributed by atoms with Gasteiger partial charge in [-0.25, -0.2) is 4.79 Å². The molecule has 0 bridgehead atoms. The lowest BCUT2D eigenvalue weighted by Crippen LogP contribution is -2.52. The molecule has 1 aromatic carbocycles. The predicted molar refractivity (Wildman–Crippen MR) is 78.3 cm³/mol. The Morgan fingerprint density at radius 3 is 2.35 bits per heavy atom. The van der Waals surface area contributed by atoms with E-state index in [2.05, 4.69) is 0 Å². The van der Waals surface area contributed by atoms with Gasteiger partial charge in [0.15, 0.2) is 5.54 Å². The Hall–Kier alpha value is -1.84. The maximum absolute atomic E-state index is 12.0. The Bertz CT molecular complexity index is 444. The van der Waals surface area contributed by atoms with Crippen LogP contribution in [0.15, 0.2) is 30.3 Å². The van der Waals surface area contributed by atoms with Crippen LogP contribution in [0.1, 0.15) is 39.2 Å². The fraction of sp³-hybridized carbons (Fsp3) is 0.500. The van der Waals surface area contributed by atoms with Crippen molar-refractivity contribution in [1.82, 2.24) is 4.90 Å². The van der Waals surface area contributed by atoms with Crippen molar-refractivity contribution in [3.63, 3.8) is 0 Å². The third-order valence-corrected chi connectivity index (χ3v) is 3.39. The second-order valence-electron chi connectivity index (χ2n) is 5.43. The molecule has 0 spiro atoms. The Morgan fingerprint density at radius 1 is 1.35 bits per heavy atom. The summed E-state index contributed by atoms with van der Waals surface area (Å²) in [5.74, 6) is -0.816. The predicted octanol–water partition coefficient (Wildman–Crippen LogP) is 2.88. The first-order valence-corrected chi connectivity index (χ1v) is 7.00. The molecule has 1 N–H and O–H groups in total. The van der Waals surface area contributed by atoms with Crippen LogP contribution in [0.3, 0.4) is 0 Å². The molecule has 110 valence electrons. The van der Waals surface area contributed by atoms with E-state index in [-0.39, 0.29) is 5.92 Å². The molecule has 0 saturated carbocycles. The van der Waals surface area contributed by atoms with Crippen molar-refractivity contribution in [2.45, 2.75) is 39.2 Å². The summed E-state index contributed by atoms with van der Waals surface area (Å²) >= 11 is 0. The quantitative estimate of drug-likeness (QED) is 0.743. The number of carboxylic acids is 1. The zero-order valence-electron chi connectivity index (χ0n) is 12.4. The summed E-state index contributed by atoms with van der Waals surface area (Å²) in [6.45, 7) is 6.30. The second-order valence-corrected chi connectivity index (χ2v) is 5.43. The van der Waals surface area contributed by atoms with Crippen LogP contribution < -0.4 is 0 Å². The molecule has 0 aliphatic heterocycles. The highest BCUT2D eigenvalue weighted by Crippen LogP contribution is 2.35. The van der Waals surface area contributed by atoms with Crippen molar-refractivity contribution in [3.8, 4) is 0 Å². The van der Waals surface area contributed by atoms with E-state index in [0.717, 1.165) is 6.42 Å². The first-order valence-electron chi connectivity index (χ1n) is 7.00. The lowest BCUT2D eigenvalue weighted by molar-refractivity contribution is -0.157. The van der Waals surface area contributed by atoms with Gasteiger partial charge in [0.25, 0.3) is 0 Å². The van der Waals surface area contributed by atoms with E-state index in [1.807, 2.05) is 39.0 Å². The molecule has 0 fully saturated rings. The third-order valence-electron chi connectivity index (χ3n) is 3.39. The van der Waals surface area contributed by atoms with Crippen molar-refractivity contribution in [3.05, 3.63) is 35.9 Å². The number of carbonyl (C=O) groups is 2. The van der Waals surface area contributed by atoms with Crippen molar-refractivity contribution in [2.75, 3.05) is 6.54 Å². The van der Waals surface area contributed by atoms with Gasteiger partial charge in [0, 0.05) is 6.54 Å². The maximum atomic E-state index is 12.0. The monoisotopic (exact) mass is 277 g/mol. The van der Waals surface area contributed by atoms with Crippen molar-refractivity contribution < 1.29 is 14.7 Å². The van der Waals surface area contributed by atoms with Crippen LogP contribution in [0.25, 0.3) is 0 Å². The second kappa shape index (κ2) is 7.08. The van der Waals surface area contributed by atoms with Crippen molar-refractivity contribution in [2.24, 2.45) is 5.92 Å². The van der Waals surface area contributed by atoms with Crippen LogP contribution in [-0.2, 0) is 15.1 Å². The normalized spacial score (nSPS) is 13.8. The summed E-state index contributed by atoms with van der Waals surface area (Å²) in [5.41, 5.74) is -0.630. The third kappa shape index (κ3) is 3.18. The smallest absolute Gasteiger partial charge is 0.334 e. The van der Waals surface area contributed by atoms with Crippen LogP contribution >= 0.6 is 0 Å². The van der Waals surface area contributed by atoms with Gasteiger partial charge in [-0.3, -0.25) is 4.79 Å². The van der Waals surface area contributed by atoms with Gasteiger partial charge in [-0.2, -0.15) is 0 Å². The molecule has 0 heterocycles. The number of hydrogen-bond acceptors (Lipinski definition) is 2. The molecule has 0 aliphatic rings. The lowest BCUT2D eigenvalue weighted by atomic mass is 9.80. The number of nitrogens with zero attached hydrogens (tertiary/aromatic N) is 1. The molecule has 4 nitrogen and oxygen atoms in total. The Balaban J connectivity index is 3.42. The molecule has 1 amide bonds. The van der Waals surface area contributed by atoms with Crippen LogP contribution in [-0.4, -0.2) is 28.9 Å². The minimum absolute atomic E-state index is 0.158. The number of hydrogen-bond donors (Lipinski definition) is 1. The molecule has 20 heavy (non-hydrogen) atoms. The largest absolute Gasteiger partial charge is 0.479 e. The highest BCUT2D eigenvalue weighted by molar-refractivity contribution is 5.83. The molecule has 4 heteroatoms. The van der Waals surface area contributed by atoms with E-state index < -0.39 is 11.5 Å². The van der Waals surface area contributed by atoms with E-state index in [9.17, 15) is 14.7 Å². The summed E-state index contributed by atoms with van der Waals surface area (Å²) in [6, 6.07) is 9.02. The number of amides is 1. The van der Waals surface area contributed by atoms with Gasteiger partial charge in [0.05, 0.1) is 0 Å². The average molecular weight is 277 g/mol. The minimum atomic E-state index is -1.28. The van der Waals surface area contributed by atoms with Gasteiger partial charge >= 0.3 is 5.97 Å². The molecule has 0 aromatic heterocycles. The van der Waals surface area contributed by atoms with Crippen LogP contribution in [0, 0.1) is 5.92 Å². The Kier molecular flexibility index (Phi) is 5.74. The molecular weight excluding hydrogens is 254 g/mol. The van der Waals surface area contributed by atoms with Crippen LogP contribution in [0.4, 0.5) is 0 Å². The summed E-state index contributed by atoms with van der Waals surface area (Å²) in [5, 5.41) is 9.85. The molecule has 0 radical (unpaired) electrons. The fourth-order valence-electron chi connectivity index (χ4n) is 2.61. The van der Waals surface area contributed by atoms with Gasteiger partial charge in [-0.1, -0.05) is 51.1 Å². The Labute approximate surface area is 120 Å². The molecule has 0 saturated heterocycles. The van der Waals surface area contributed by atoms with Gasteiger partial charge < -0.3 is 10.0 Å². The van der Waals surface area contributed by atoms with E-state index in [1.165, 1.54) is 4.90 Å². The van der Waals surface area contributed by atoms with Gasteiger partial charge in [-0.15, -0.1) is 0 Å². The van der Waals surface area contributed by atoms with Gasteiger partial charge in [0.2, 0.25) is 6.41 Å². The first kappa shape index (κ1) is 16.2. The molecular formula is C16H23NO3. The fourth-order valence-corrected chi connectivity index (χ4v) is 2.61. The summed E-state index contributed by atoms with van der Waals surface area (Å²) in [7, 11) is 0. The number of carbonyl (C=O) groups excluding carboxylic acids is 1. The summed E-state index contributed by atoms with van der Waals surface area (Å²) in [4.78, 5) is 24.9. The number of aliphatic carboxylic acids is 1. The number of carboxylic acid groups (broad SMARTS) is 1. The maximum Gasteiger partial charge on any atom is 0.334 e. The summed E-state index contributed by atoms with van der Waals surface area (Å²) < 4.78 is 0. The van der Waals surface area contributed by atoms with Crippen LogP contribution in [0.5, 0.6) is 0 Å². The zero-order chi connectivity index (χ0) is 15.2. The average Bonchev–Trinajstić information content (AvgIpc) is 2.43. The topological polar surface area (TPSA) is 57.6 Å². The van der Waals surface area contributed by atoms with Gasteiger partial charge in [-0.05, 0) is 24.3 Å². The van der Waals surface area contributed by atoms with E-state index >= 15 is 0 Å². The SMILES string of the molecule is CCCN(C=O)C(CC(C)C)(C(=O)O)c1ccccc1. The first-order chi connectivity index (χ1) is 9.48. The van der Waals surface area contributed by atoms with E-state index in [4.69, 9.17) is 0 Å². The Morgan fingerprint density at radius 2 is 1.95 bits per heavy atom. The van der Waals surface area contributed by atoms with Gasteiger partial charge in [0.1, 0.15) is 0 Å². The zero-order valence-corrected chi connectivity index (χ0v) is 12.4. The lowest BCUT2D eigenvalue weighted by Gasteiger charge is -2.40. The van der Waals surface area contributed by atoms with Crippen molar-refractivity contribution >= 4 is 12.4 Å². The molecule has 1 rings (SSSR count). The standard InChI is InChI=1S/C16H23NO3/c1-4-10-17(12-18)16(15(19)20,11-13(2)3)14-8-6-5-7-9-14/h5-9,12-13H,4,10-11H2,1-3H3,(H,19,20). The molecule has 0 aliphatic carbocycles. The van der Waals surface area contributed by atoms with E-state index in [1.54, 1.807) is 12.1 Å². The van der Waals surface area contributed by atoms with E-state index in [0.29, 0.717) is 24.9 Å². The number of rotatable bonds is 8.